The van der Waals surface area contributed by atoms with Crippen molar-refractivity contribution in [1.29, 1.82) is 5.26 Å². The second-order valence-electron chi connectivity index (χ2n) is 6.05. The van der Waals surface area contributed by atoms with E-state index in [2.05, 4.69) is 24.1 Å². The molecule has 1 aliphatic rings. The number of hydrogen-bond acceptors (Lipinski definition) is 4. The van der Waals surface area contributed by atoms with Gasteiger partial charge in [-0.3, -0.25) is 9.69 Å². The summed E-state index contributed by atoms with van der Waals surface area (Å²) >= 11 is 0. The van der Waals surface area contributed by atoms with E-state index < -0.39 is 0 Å². The second kappa shape index (κ2) is 7.92. The third-order valence-corrected chi connectivity index (χ3v) is 3.59. The average molecular weight is 301 g/mol. The van der Waals surface area contributed by atoms with Gasteiger partial charge >= 0.3 is 0 Å². The van der Waals surface area contributed by atoms with Crippen LogP contribution in [0, 0.1) is 17.2 Å². The van der Waals surface area contributed by atoms with Gasteiger partial charge in [-0.1, -0.05) is 19.9 Å². The molecule has 1 amide bonds. The van der Waals surface area contributed by atoms with E-state index in [1.54, 1.807) is 24.3 Å². The molecule has 1 aromatic rings. The minimum atomic E-state index is -0.165. The summed E-state index contributed by atoms with van der Waals surface area (Å²) in [6, 6.07) is 8.75. The van der Waals surface area contributed by atoms with Gasteiger partial charge in [0, 0.05) is 31.7 Å². The van der Waals surface area contributed by atoms with Gasteiger partial charge in [-0.25, -0.2) is 0 Å². The maximum Gasteiger partial charge on any atom is 0.251 e. The highest BCUT2D eigenvalue weighted by Gasteiger charge is 2.21. The van der Waals surface area contributed by atoms with Crippen LogP contribution in [0.15, 0.2) is 24.3 Å². The SMILES string of the molecule is CC(C)CN1CCOC(CNC(=O)c2cccc(C#N)c2)C1. The molecule has 1 atom stereocenters. The molecule has 1 heterocycles. The maximum absolute atomic E-state index is 12.1. The smallest absolute Gasteiger partial charge is 0.251 e. The molecule has 5 heteroatoms. The third-order valence-electron chi connectivity index (χ3n) is 3.59. The molecule has 0 bridgehead atoms. The quantitative estimate of drug-likeness (QED) is 0.898. The van der Waals surface area contributed by atoms with Crippen molar-refractivity contribution in [3.63, 3.8) is 0 Å². The minimum absolute atomic E-state index is 0.0237. The normalized spacial score (nSPS) is 18.9. The fourth-order valence-electron chi connectivity index (χ4n) is 2.62. The van der Waals surface area contributed by atoms with Crippen LogP contribution in [0.5, 0.6) is 0 Å². The molecule has 1 unspecified atom stereocenters. The van der Waals surface area contributed by atoms with Gasteiger partial charge in [0.25, 0.3) is 5.91 Å². The molecule has 1 N–H and O–H groups in total. The number of carbonyl (C=O) groups excluding carboxylic acids is 1. The zero-order valence-corrected chi connectivity index (χ0v) is 13.2. The molecule has 1 aliphatic heterocycles. The molecule has 1 aromatic carbocycles. The molecule has 0 aliphatic carbocycles. The first-order valence-corrected chi connectivity index (χ1v) is 7.71. The lowest BCUT2D eigenvalue weighted by Gasteiger charge is -2.33. The van der Waals surface area contributed by atoms with Gasteiger partial charge in [0.2, 0.25) is 0 Å². The van der Waals surface area contributed by atoms with E-state index in [4.69, 9.17) is 10.00 Å². The first kappa shape index (κ1) is 16.5. The molecule has 118 valence electrons. The standard InChI is InChI=1S/C17H23N3O2/c1-13(2)11-20-6-7-22-16(12-20)10-19-17(21)15-5-3-4-14(8-15)9-18/h3-5,8,13,16H,6-7,10-12H2,1-2H3,(H,19,21). The fourth-order valence-corrected chi connectivity index (χ4v) is 2.62. The van der Waals surface area contributed by atoms with Crippen molar-refractivity contribution in [2.24, 2.45) is 5.92 Å². The number of nitrogens with one attached hydrogen (secondary N) is 1. The van der Waals surface area contributed by atoms with Crippen molar-refractivity contribution in [3.05, 3.63) is 35.4 Å². The van der Waals surface area contributed by atoms with Crippen molar-refractivity contribution >= 4 is 5.91 Å². The molecule has 1 saturated heterocycles. The van der Waals surface area contributed by atoms with Crippen LogP contribution in [0.25, 0.3) is 0 Å². The second-order valence-corrected chi connectivity index (χ2v) is 6.05. The fraction of sp³-hybridized carbons (Fsp3) is 0.529. The summed E-state index contributed by atoms with van der Waals surface area (Å²) in [6.45, 7) is 8.45. The molecule has 22 heavy (non-hydrogen) atoms. The highest BCUT2D eigenvalue weighted by molar-refractivity contribution is 5.94. The minimum Gasteiger partial charge on any atom is -0.374 e. The van der Waals surface area contributed by atoms with E-state index >= 15 is 0 Å². The average Bonchev–Trinajstić information content (AvgIpc) is 2.52. The summed E-state index contributed by atoms with van der Waals surface area (Å²) in [7, 11) is 0. The predicted molar refractivity (Wildman–Crippen MR) is 84.5 cm³/mol. The van der Waals surface area contributed by atoms with Gasteiger partial charge in [-0.2, -0.15) is 5.26 Å². The summed E-state index contributed by atoms with van der Waals surface area (Å²) in [5.41, 5.74) is 0.999. The van der Waals surface area contributed by atoms with Crippen LogP contribution in [0.4, 0.5) is 0 Å². The van der Waals surface area contributed by atoms with Crippen LogP contribution in [-0.4, -0.2) is 49.7 Å². The number of nitriles is 1. The number of nitrogens with zero attached hydrogens (tertiary/aromatic N) is 2. The van der Waals surface area contributed by atoms with Crippen LogP contribution in [0.1, 0.15) is 29.8 Å². The zero-order chi connectivity index (χ0) is 15.9. The Balaban J connectivity index is 1.84. The molecule has 0 saturated carbocycles. The predicted octanol–water partition coefficient (Wildman–Crippen LogP) is 1.64. The highest BCUT2D eigenvalue weighted by Crippen LogP contribution is 2.08. The van der Waals surface area contributed by atoms with Crippen LogP contribution < -0.4 is 5.32 Å². The topological polar surface area (TPSA) is 65.4 Å². The number of ether oxygens (including phenoxy) is 1. The summed E-state index contributed by atoms with van der Waals surface area (Å²) in [4.78, 5) is 14.5. The molecule has 5 nitrogen and oxygen atoms in total. The summed E-state index contributed by atoms with van der Waals surface area (Å²) in [5, 5.41) is 11.8. The Morgan fingerprint density at radius 3 is 3.09 bits per heavy atom. The van der Waals surface area contributed by atoms with Crippen molar-refractivity contribution < 1.29 is 9.53 Å². The largest absolute Gasteiger partial charge is 0.374 e. The monoisotopic (exact) mass is 301 g/mol. The zero-order valence-electron chi connectivity index (χ0n) is 13.2. The summed E-state index contributed by atoms with van der Waals surface area (Å²) < 4.78 is 5.71. The van der Waals surface area contributed by atoms with Crippen molar-refractivity contribution in [2.75, 3.05) is 32.8 Å². The first-order valence-electron chi connectivity index (χ1n) is 7.71. The number of hydrogen-bond donors (Lipinski definition) is 1. The molecule has 0 aromatic heterocycles. The molecule has 0 radical (unpaired) electrons. The van der Waals surface area contributed by atoms with Crippen molar-refractivity contribution in [3.8, 4) is 6.07 Å². The van der Waals surface area contributed by atoms with Gasteiger partial charge in [0.05, 0.1) is 24.3 Å². The summed E-state index contributed by atoms with van der Waals surface area (Å²) in [6.07, 6.45) is 0.0237. The number of carbonyl (C=O) groups is 1. The molecule has 1 fully saturated rings. The third kappa shape index (κ3) is 4.83. The van der Waals surface area contributed by atoms with Crippen LogP contribution in [-0.2, 0) is 4.74 Å². The van der Waals surface area contributed by atoms with Gasteiger partial charge < -0.3 is 10.1 Å². The number of amides is 1. The Hall–Kier alpha value is -1.90. The lowest BCUT2D eigenvalue weighted by atomic mass is 10.1. The molecular weight excluding hydrogens is 278 g/mol. The van der Waals surface area contributed by atoms with E-state index in [1.165, 1.54) is 0 Å². The first-order chi connectivity index (χ1) is 10.6. The lowest BCUT2D eigenvalue weighted by molar-refractivity contribution is -0.0295. The maximum atomic E-state index is 12.1. The number of rotatable bonds is 5. The van der Waals surface area contributed by atoms with Crippen LogP contribution >= 0.6 is 0 Å². The molecule has 0 spiro atoms. The Morgan fingerprint density at radius 1 is 1.55 bits per heavy atom. The Labute approximate surface area is 131 Å². The van der Waals surface area contributed by atoms with Crippen molar-refractivity contribution in [1.82, 2.24) is 10.2 Å². The Kier molecular flexibility index (Phi) is 5.93. The Morgan fingerprint density at radius 2 is 2.36 bits per heavy atom. The van der Waals surface area contributed by atoms with Crippen LogP contribution in [0.3, 0.4) is 0 Å². The molecule has 2 rings (SSSR count). The van der Waals surface area contributed by atoms with E-state index in [1.807, 2.05) is 6.07 Å². The highest BCUT2D eigenvalue weighted by atomic mass is 16.5. The van der Waals surface area contributed by atoms with Crippen molar-refractivity contribution in [2.45, 2.75) is 20.0 Å². The van der Waals surface area contributed by atoms with Gasteiger partial charge in [-0.15, -0.1) is 0 Å². The van der Waals surface area contributed by atoms with Gasteiger partial charge in [0.1, 0.15) is 0 Å². The van der Waals surface area contributed by atoms with Crippen LogP contribution in [0.2, 0.25) is 0 Å². The summed E-state index contributed by atoms with van der Waals surface area (Å²) in [5.74, 6) is 0.462. The lowest BCUT2D eigenvalue weighted by Crippen LogP contribution is -2.48. The van der Waals surface area contributed by atoms with E-state index in [0.29, 0.717) is 30.2 Å². The molecular formula is C17H23N3O2. The van der Waals surface area contributed by atoms with E-state index in [9.17, 15) is 4.79 Å². The number of morpholine rings is 1. The number of benzene rings is 1. The Bertz CT molecular complexity index is 551. The van der Waals surface area contributed by atoms with Gasteiger partial charge in [0.15, 0.2) is 0 Å². The van der Waals surface area contributed by atoms with E-state index in [-0.39, 0.29) is 12.0 Å². The van der Waals surface area contributed by atoms with E-state index in [0.717, 1.165) is 19.6 Å². The van der Waals surface area contributed by atoms with Gasteiger partial charge in [-0.05, 0) is 24.1 Å².